The molecule has 6 rings (SSSR count). The number of rotatable bonds is 4. The number of methoxy groups -OCH3 is 1. The molecule has 0 bridgehead atoms. The molecule has 2 aromatic carbocycles. The zero-order chi connectivity index (χ0) is 23.9. The predicted octanol–water partition coefficient (Wildman–Crippen LogP) is 5.85. The average Bonchev–Trinajstić information content (AvgIpc) is 3.59. The molecule has 176 valence electrons. The van der Waals surface area contributed by atoms with E-state index in [1.54, 1.807) is 29.8 Å². The Morgan fingerprint density at radius 2 is 1.83 bits per heavy atom. The van der Waals surface area contributed by atoms with Crippen LogP contribution in [-0.2, 0) is 0 Å². The second-order valence-electron chi connectivity index (χ2n) is 8.59. The van der Waals surface area contributed by atoms with Crippen molar-refractivity contribution in [1.82, 2.24) is 14.9 Å². The van der Waals surface area contributed by atoms with Gasteiger partial charge in [0, 0.05) is 31.6 Å². The third-order valence-corrected chi connectivity index (χ3v) is 8.61. The fraction of sp³-hybridized carbons (Fsp3) is 0.222. The van der Waals surface area contributed by atoms with Crippen molar-refractivity contribution in [2.45, 2.75) is 6.92 Å². The number of fused-ring (bicyclic) bond motifs is 2. The van der Waals surface area contributed by atoms with E-state index in [9.17, 15) is 4.79 Å². The van der Waals surface area contributed by atoms with Gasteiger partial charge in [-0.05, 0) is 42.1 Å². The number of carbonyl (C=O) groups is 1. The molecule has 3 aromatic heterocycles. The summed E-state index contributed by atoms with van der Waals surface area (Å²) in [5, 5.41) is 3.91. The molecule has 1 saturated heterocycles. The quantitative estimate of drug-likeness (QED) is 0.310. The molecular formula is C27H24N4O2S2. The van der Waals surface area contributed by atoms with Gasteiger partial charge >= 0.3 is 0 Å². The first-order valence-electron chi connectivity index (χ1n) is 11.5. The first kappa shape index (κ1) is 22.0. The van der Waals surface area contributed by atoms with Crippen LogP contribution in [0.4, 0.5) is 5.13 Å². The van der Waals surface area contributed by atoms with Gasteiger partial charge < -0.3 is 14.5 Å². The number of hydrogen-bond donors (Lipinski definition) is 0. The van der Waals surface area contributed by atoms with Crippen molar-refractivity contribution < 1.29 is 9.53 Å². The number of aryl methyl sites for hydroxylation is 1. The number of piperazine rings is 1. The topological polar surface area (TPSA) is 58.6 Å². The Labute approximate surface area is 211 Å². The summed E-state index contributed by atoms with van der Waals surface area (Å²) in [7, 11) is 1.68. The van der Waals surface area contributed by atoms with Crippen molar-refractivity contribution in [3.8, 4) is 16.3 Å². The molecule has 0 aliphatic carbocycles. The van der Waals surface area contributed by atoms with Crippen LogP contribution in [0.1, 0.15) is 15.9 Å². The van der Waals surface area contributed by atoms with Gasteiger partial charge in [0.2, 0.25) is 0 Å². The van der Waals surface area contributed by atoms with Crippen molar-refractivity contribution in [2.24, 2.45) is 0 Å². The van der Waals surface area contributed by atoms with Gasteiger partial charge in [-0.2, -0.15) is 0 Å². The fourth-order valence-electron chi connectivity index (χ4n) is 4.57. The minimum absolute atomic E-state index is 0.0582. The maximum absolute atomic E-state index is 13.7. The number of benzene rings is 2. The summed E-state index contributed by atoms with van der Waals surface area (Å²) in [6.07, 6.45) is 0. The van der Waals surface area contributed by atoms with Crippen molar-refractivity contribution in [2.75, 3.05) is 38.2 Å². The lowest BCUT2D eigenvalue weighted by molar-refractivity contribution is 0.0748. The number of thiophene rings is 1. The minimum atomic E-state index is 0.0582. The van der Waals surface area contributed by atoms with Crippen LogP contribution in [0.2, 0.25) is 0 Å². The Kier molecular flexibility index (Phi) is 5.62. The van der Waals surface area contributed by atoms with E-state index in [1.165, 1.54) is 5.56 Å². The lowest BCUT2D eigenvalue weighted by Gasteiger charge is -2.34. The summed E-state index contributed by atoms with van der Waals surface area (Å²) >= 11 is 3.33. The smallest absolute Gasteiger partial charge is 0.254 e. The first-order chi connectivity index (χ1) is 17.1. The molecular weight excluding hydrogens is 476 g/mol. The first-order valence-corrected chi connectivity index (χ1v) is 13.2. The van der Waals surface area contributed by atoms with Gasteiger partial charge in [-0.3, -0.25) is 4.79 Å². The number of thiazole rings is 1. The Bertz CT molecular complexity index is 1540. The Morgan fingerprint density at radius 1 is 1.00 bits per heavy atom. The molecule has 0 spiro atoms. The van der Waals surface area contributed by atoms with Crippen molar-refractivity contribution in [1.29, 1.82) is 0 Å². The van der Waals surface area contributed by atoms with E-state index in [1.807, 2.05) is 58.8 Å². The van der Waals surface area contributed by atoms with Gasteiger partial charge in [0.1, 0.15) is 11.3 Å². The van der Waals surface area contributed by atoms with Crippen LogP contribution in [0, 0.1) is 6.92 Å². The molecule has 0 radical (unpaired) electrons. The van der Waals surface area contributed by atoms with Gasteiger partial charge in [-0.15, -0.1) is 11.3 Å². The second kappa shape index (κ2) is 8.94. The highest BCUT2D eigenvalue weighted by Crippen LogP contribution is 2.37. The number of aromatic nitrogens is 2. The number of anilines is 1. The highest BCUT2D eigenvalue weighted by atomic mass is 32.1. The van der Waals surface area contributed by atoms with Crippen molar-refractivity contribution in [3.63, 3.8) is 0 Å². The van der Waals surface area contributed by atoms with Gasteiger partial charge in [-0.25, -0.2) is 9.97 Å². The number of ether oxygens (including phenoxy) is 1. The monoisotopic (exact) mass is 500 g/mol. The number of carbonyl (C=O) groups excluding carboxylic acids is 1. The lowest BCUT2D eigenvalue weighted by Crippen LogP contribution is -2.48. The highest BCUT2D eigenvalue weighted by molar-refractivity contribution is 7.22. The number of para-hydroxylation sites is 1. The summed E-state index contributed by atoms with van der Waals surface area (Å²) in [4.78, 5) is 28.7. The van der Waals surface area contributed by atoms with E-state index in [4.69, 9.17) is 14.7 Å². The lowest BCUT2D eigenvalue weighted by atomic mass is 10.1. The van der Waals surface area contributed by atoms with Crippen LogP contribution in [-0.4, -0.2) is 54.1 Å². The third-order valence-electron chi connectivity index (χ3n) is 6.47. The maximum atomic E-state index is 13.7. The van der Waals surface area contributed by atoms with E-state index in [2.05, 4.69) is 17.9 Å². The zero-order valence-electron chi connectivity index (χ0n) is 19.5. The van der Waals surface area contributed by atoms with Crippen LogP contribution in [0.5, 0.6) is 5.75 Å². The molecule has 0 atom stereocenters. The second-order valence-corrected chi connectivity index (χ2v) is 10.5. The summed E-state index contributed by atoms with van der Waals surface area (Å²) in [6.45, 7) is 4.89. The summed E-state index contributed by atoms with van der Waals surface area (Å²) in [6, 6.07) is 17.9. The molecule has 0 saturated carbocycles. The summed E-state index contributed by atoms with van der Waals surface area (Å²) in [5.74, 6) is 0.857. The van der Waals surface area contributed by atoms with Gasteiger partial charge in [0.25, 0.3) is 5.91 Å². The molecule has 0 N–H and O–H groups in total. The normalized spacial score (nSPS) is 14.1. The maximum Gasteiger partial charge on any atom is 0.254 e. The number of amides is 1. The average molecular weight is 501 g/mol. The molecule has 35 heavy (non-hydrogen) atoms. The zero-order valence-corrected chi connectivity index (χ0v) is 21.2. The Morgan fingerprint density at radius 3 is 2.60 bits per heavy atom. The predicted molar refractivity (Wildman–Crippen MR) is 144 cm³/mol. The Hall–Kier alpha value is -3.49. The molecule has 1 aliphatic heterocycles. The van der Waals surface area contributed by atoms with Gasteiger partial charge in [0.15, 0.2) is 5.13 Å². The van der Waals surface area contributed by atoms with E-state index < -0.39 is 0 Å². The number of nitrogens with zero attached hydrogens (tertiary/aromatic N) is 4. The number of pyridine rings is 1. The third kappa shape index (κ3) is 3.92. The molecule has 4 heterocycles. The van der Waals surface area contributed by atoms with Crippen LogP contribution in [0.15, 0.2) is 60.0 Å². The molecule has 1 amide bonds. The molecule has 8 heteroatoms. The van der Waals surface area contributed by atoms with Crippen LogP contribution in [0.3, 0.4) is 0 Å². The van der Waals surface area contributed by atoms with Crippen molar-refractivity contribution in [3.05, 3.63) is 71.1 Å². The molecule has 6 nitrogen and oxygen atoms in total. The fourth-order valence-corrected chi connectivity index (χ4v) is 6.36. The van der Waals surface area contributed by atoms with E-state index in [0.717, 1.165) is 55.7 Å². The highest BCUT2D eigenvalue weighted by Gasteiger charge is 2.26. The van der Waals surface area contributed by atoms with E-state index in [0.29, 0.717) is 18.7 Å². The molecule has 0 unspecified atom stereocenters. The summed E-state index contributed by atoms with van der Waals surface area (Å²) < 4.78 is 6.68. The number of hydrogen-bond acceptors (Lipinski definition) is 7. The van der Waals surface area contributed by atoms with E-state index >= 15 is 0 Å². The minimum Gasteiger partial charge on any atom is -0.494 e. The largest absolute Gasteiger partial charge is 0.494 e. The summed E-state index contributed by atoms with van der Waals surface area (Å²) in [5.41, 5.74) is 4.52. The van der Waals surface area contributed by atoms with Crippen LogP contribution >= 0.6 is 22.7 Å². The molecule has 1 aliphatic rings. The SMILES string of the molecule is COc1ccc(C)c2sc(N3CCN(C(=O)c4cc(-c5cccs5)nc5ccccc45)CC3)nc12. The van der Waals surface area contributed by atoms with Crippen molar-refractivity contribution >= 4 is 54.8 Å². The van der Waals surface area contributed by atoms with Gasteiger partial charge in [-0.1, -0.05) is 41.7 Å². The standard InChI is InChI=1S/C27H24N4O2S2/c1-17-9-10-22(33-2)24-25(17)35-27(29-24)31-13-11-30(12-14-31)26(32)19-16-21(23-8-5-15-34-23)28-20-7-4-3-6-18(19)20/h3-10,15-16H,11-14H2,1-2H3. The van der Waals surface area contributed by atoms with E-state index in [-0.39, 0.29) is 5.91 Å². The van der Waals surface area contributed by atoms with Crippen LogP contribution in [0.25, 0.3) is 31.7 Å². The Balaban J connectivity index is 1.26. The molecule has 1 fully saturated rings. The molecule has 5 aromatic rings. The van der Waals surface area contributed by atoms with Crippen LogP contribution < -0.4 is 9.64 Å². The van der Waals surface area contributed by atoms with Gasteiger partial charge in [0.05, 0.1) is 33.5 Å².